The van der Waals surface area contributed by atoms with Gasteiger partial charge >= 0.3 is 0 Å². The number of halogens is 1. The molecule has 0 spiro atoms. The van der Waals surface area contributed by atoms with Gasteiger partial charge in [0.15, 0.2) is 0 Å². The average molecular weight is 219 g/mol. The molecular formula is C12H11ClN2. The SMILES string of the molecule is C=C(Cl)c1ncc(C2(C#N)CC2)cc1C. The second-order valence-electron chi connectivity index (χ2n) is 3.99. The standard InChI is InChI=1S/C12H11ClN2/c1-8-5-10(12(7-14)3-4-12)6-15-11(8)9(2)13/h5-6H,2-4H2,1H3. The maximum Gasteiger partial charge on any atom is 0.0839 e. The molecule has 76 valence electrons. The molecule has 0 saturated heterocycles. The van der Waals surface area contributed by atoms with Gasteiger partial charge in [-0.15, -0.1) is 0 Å². The predicted octanol–water partition coefficient (Wildman–Crippen LogP) is 3.15. The molecule has 0 aliphatic heterocycles. The van der Waals surface area contributed by atoms with Gasteiger partial charge in [-0.25, -0.2) is 0 Å². The quantitative estimate of drug-likeness (QED) is 0.765. The molecule has 1 heterocycles. The monoisotopic (exact) mass is 218 g/mol. The Bertz CT molecular complexity index is 467. The molecular weight excluding hydrogens is 208 g/mol. The fraction of sp³-hybridized carbons (Fsp3) is 0.333. The van der Waals surface area contributed by atoms with Gasteiger partial charge < -0.3 is 0 Å². The van der Waals surface area contributed by atoms with Crippen LogP contribution in [-0.2, 0) is 5.41 Å². The van der Waals surface area contributed by atoms with Crippen molar-refractivity contribution in [2.75, 3.05) is 0 Å². The molecule has 0 N–H and O–H groups in total. The van der Waals surface area contributed by atoms with Crippen LogP contribution in [0.25, 0.3) is 5.03 Å². The predicted molar refractivity (Wildman–Crippen MR) is 60.4 cm³/mol. The fourth-order valence-corrected chi connectivity index (χ4v) is 1.91. The van der Waals surface area contributed by atoms with Crippen LogP contribution in [0.4, 0.5) is 0 Å². The first-order valence-electron chi connectivity index (χ1n) is 4.82. The first-order valence-corrected chi connectivity index (χ1v) is 5.20. The number of pyridine rings is 1. The minimum atomic E-state index is -0.274. The molecule has 0 atom stereocenters. The summed E-state index contributed by atoms with van der Waals surface area (Å²) in [5.74, 6) is 0. The Morgan fingerprint density at radius 2 is 2.33 bits per heavy atom. The van der Waals surface area contributed by atoms with E-state index < -0.39 is 0 Å². The molecule has 0 unspecified atom stereocenters. The Kier molecular flexibility index (Phi) is 2.28. The smallest absolute Gasteiger partial charge is 0.0839 e. The van der Waals surface area contributed by atoms with Crippen LogP contribution in [0.1, 0.15) is 29.7 Å². The molecule has 1 aliphatic carbocycles. The summed E-state index contributed by atoms with van der Waals surface area (Å²) in [6.45, 7) is 5.59. The van der Waals surface area contributed by atoms with Gasteiger partial charge in [-0.1, -0.05) is 24.2 Å². The Hall–Kier alpha value is -1.33. The summed E-state index contributed by atoms with van der Waals surface area (Å²) >= 11 is 5.80. The number of rotatable bonds is 2. The van der Waals surface area contributed by atoms with E-state index in [4.69, 9.17) is 16.9 Å². The molecule has 1 aliphatic rings. The molecule has 3 heteroatoms. The van der Waals surface area contributed by atoms with Gasteiger partial charge in [0.05, 0.1) is 22.2 Å². The van der Waals surface area contributed by atoms with Crippen LogP contribution in [0.3, 0.4) is 0 Å². The van der Waals surface area contributed by atoms with Gasteiger partial charge in [0.1, 0.15) is 0 Å². The summed E-state index contributed by atoms with van der Waals surface area (Å²) < 4.78 is 0. The first-order chi connectivity index (χ1) is 7.09. The Morgan fingerprint density at radius 1 is 1.67 bits per heavy atom. The van der Waals surface area contributed by atoms with Gasteiger partial charge in [-0.2, -0.15) is 5.26 Å². The molecule has 15 heavy (non-hydrogen) atoms. The molecule has 0 aromatic carbocycles. The second-order valence-corrected chi connectivity index (χ2v) is 4.44. The zero-order valence-corrected chi connectivity index (χ0v) is 9.30. The van der Waals surface area contributed by atoms with Crippen molar-refractivity contribution in [1.82, 2.24) is 4.98 Å². The Balaban J connectivity index is 2.43. The number of aromatic nitrogens is 1. The van der Waals surface area contributed by atoms with Gasteiger partial charge in [0.2, 0.25) is 0 Å². The molecule has 2 rings (SSSR count). The number of hydrogen-bond donors (Lipinski definition) is 0. The van der Waals surface area contributed by atoms with E-state index in [1.807, 2.05) is 13.0 Å². The zero-order chi connectivity index (χ0) is 11.1. The van der Waals surface area contributed by atoms with Crippen molar-refractivity contribution in [1.29, 1.82) is 5.26 Å². The highest BCUT2D eigenvalue weighted by atomic mass is 35.5. The van der Waals surface area contributed by atoms with Crippen molar-refractivity contribution >= 4 is 16.6 Å². The van der Waals surface area contributed by atoms with Crippen LogP contribution in [-0.4, -0.2) is 4.98 Å². The summed E-state index contributed by atoms with van der Waals surface area (Å²) in [7, 11) is 0. The highest BCUT2D eigenvalue weighted by Crippen LogP contribution is 2.47. The average Bonchev–Trinajstić information content (AvgIpc) is 2.97. The lowest BCUT2D eigenvalue weighted by Crippen LogP contribution is -2.04. The van der Waals surface area contributed by atoms with Crippen LogP contribution >= 0.6 is 11.6 Å². The van der Waals surface area contributed by atoms with Crippen molar-refractivity contribution < 1.29 is 0 Å². The van der Waals surface area contributed by atoms with E-state index >= 15 is 0 Å². The largest absolute Gasteiger partial charge is 0.255 e. The van der Waals surface area contributed by atoms with E-state index in [1.54, 1.807) is 6.20 Å². The lowest BCUT2D eigenvalue weighted by atomic mass is 9.97. The molecule has 0 radical (unpaired) electrons. The first kappa shape index (κ1) is 10.2. The molecule has 1 saturated carbocycles. The summed E-state index contributed by atoms with van der Waals surface area (Å²) in [6, 6.07) is 4.34. The van der Waals surface area contributed by atoms with Crippen molar-refractivity contribution in [2.45, 2.75) is 25.2 Å². The van der Waals surface area contributed by atoms with Crippen LogP contribution in [0.15, 0.2) is 18.8 Å². The van der Waals surface area contributed by atoms with Gasteiger partial charge in [-0.05, 0) is 30.9 Å². The number of aryl methyl sites for hydroxylation is 1. The molecule has 1 fully saturated rings. The second kappa shape index (κ2) is 3.36. The van der Waals surface area contributed by atoms with E-state index in [2.05, 4.69) is 17.6 Å². The number of hydrogen-bond acceptors (Lipinski definition) is 2. The molecule has 0 bridgehead atoms. The number of nitriles is 1. The summed E-state index contributed by atoms with van der Waals surface area (Å²) in [4.78, 5) is 4.25. The lowest BCUT2D eigenvalue weighted by Gasteiger charge is -2.09. The van der Waals surface area contributed by atoms with Gasteiger partial charge in [0.25, 0.3) is 0 Å². The summed E-state index contributed by atoms with van der Waals surface area (Å²) in [5.41, 5.74) is 2.43. The normalized spacial score (nSPS) is 16.9. The zero-order valence-electron chi connectivity index (χ0n) is 8.55. The third kappa shape index (κ3) is 1.64. The third-order valence-corrected chi connectivity index (χ3v) is 3.03. The van der Waals surface area contributed by atoms with E-state index in [0.29, 0.717) is 10.7 Å². The maximum absolute atomic E-state index is 9.06. The Labute approximate surface area is 94.2 Å². The van der Waals surface area contributed by atoms with Crippen molar-refractivity contribution in [2.24, 2.45) is 0 Å². The third-order valence-electron chi connectivity index (χ3n) is 2.85. The summed E-state index contributed by atoms with van der Waals surface area (Å²) in [6.07, 6.45) is 3.61. The van der Waals surface area contributed by atoms with Crippen molar-refractivity contribution in [3.8, 4) is 6.07 Å². The molecule has 2 nitrogen and oxygen atoms in total. The lowest BCUT2D eigenvalue weighted by molar-refractivity contribution is 0.892. The molecule has 0 amide bonds. The van der Waals surface area contributed by atoms with E-state index in [-0.39, 0.29) is 5.41 Å². The van der Waals surface area contributed by atoms with E-state index in [0.717, 1.165) is 24.0 Å². The van der Waals surface area contributed by atoms with Crippen molar-refractivity contribution in [3.63, 3.8) is 0 Å². The van der Waals surface area contributed by atoms with Crippen LogP contribution in [0.2, 0.25) is 0 Å². The molecule has 1 aromatic rings. The highest BCUT2D eigenvalue weighted by Gasteiger charge is 2.45. The van der Waals surface area contributed by atoms with Gasteiger partial charge in [0, 0.05) is 6.20 Å². The molecule has 1 aromatic heterocycles. The number of nitrogens with zero attached hydrogens (tertiary/aromatic N) is 2. The minimum absolute atomic E-state index is 0.274. The van der Waals surface area contributed by atoms with Gasteiger partial charge in [-0.3, -0.25) is 4.98 Å². The topological polar surface area (TPSA) is 36.7 Å². The fourth-order valence-electron chi connectivity index (χ4n) is 1.71. The van der Waals surface area contributed by atoms with Crippen molar-refractivity contribution in [3.05, 3.63) is 35.7 Å². The van der Waals surface area contributed by atoms with E-state index in [9.17, 15) is 0 Å². The maximum atomic E-state index is 9.06. The minimum Gasteiger partial charge on any atom is -0.255 e. The highest BCUT2D eigenvalue weighted by molar-refractivity contribution is 6.48. The van der Waals surface area contributed by atoms with E-state index in [1.165, 1.54) is 0 Å². The Morgan fingerprint density at radius 3 is 2.73 bits per heavy atom. The summed E-state index contributed by atoms with van der Waals surface area (Å²) in [5, 5.41) is 9.50. The van der Waals surface area contributed by atoms with Crippen LogP contribution < -0.4 is 0 Å². The van der Waals surface area contributed by atoms with Crippen LogP contribution in [0.5, 0.6) is 0 Å². The van der Waals surface area contributed by atoms with Crippen LogP contribution in [0, 0.1) is 18.3 Å².